The monoisotopic (exact) mass is 405 g/mol. The molecule has 7 heteroatoms. The number of hydrogen-bond acceptors (Lipinski definition) is 4. The highest BCUT2D eigenvalue weighted by Gasteiger charge is 2.51. The van der Waals surface area contributed by atoms with Crippen molar-refractivity contribution in [2.45, 2.75) is 33.2 Å². The minimum absolute atomic E-state index is 0.298. The van der Waals surface area contributed by atoms with Gasteiger partial charge >= 0.3 is 6.03 Å². The topological polar surface area (TPSA) is 84.6 Å². The van der Waals surface area contributed by atoms with Crippen molar-refractivity contribution in [1.82, 2.24) is 14.8 Å². The Bertz CT molecular complexity index is 1140. The van der Waals surface area contributed by atoms with Gasteiger partial charge in [0, 0.05) is 22.6 Å². The highest BCUT2D eigenvalue weighted by atomic mass is 16.3. The van der Waals surface area contributed by atoms with Crippen LogP contribution in [0.4, 0.5) is 4.79 Å². The van der Waals surface area contributed by atoms with Gasteiger partial charge in [0.25, 0.3) is 5.91 Å². The molecular weight excluding hydrogens is 382 g/mol. The van der Waals surface area contributed by atoms with Gasteiger partial charge in [0.15, 0.2) is 11.3 Å². The molecule has 7 nitrogen and oxygen atoms in total. The fraction of sp³-hybridized carbons (Fsp3) is 0.261. The second kappa shape index (κ2) is 7.02. The summed E-state index contributed by atoms with van der Waals surface area (Å²) in [4.78, 5) is 39.4. The SMILES string of the molecule is Cc1ccc(-n2c(C)cc(C(=O)CN3C(=O)NC(C)(c4ccco4)C3=O)c2C)cc1. The average molecular weight is 405 g/mol. The Kier molecular flexibility index (Phi) is 4.61. The fourth-order valence-corrected chi connectivity index (χ4v) is 3.94. The molecule has 4 rings (SSSR count). The summed E-state index contributed by atoms with van der Waals surface area (Å²) in [5.41, 5.74) is 2.94. The van der Waals surface area contributed by atoms with Crippen molar-refractivity contribution in [2.75, 3.05) is 6.54 Å². The summed E-state index contributed by atoms with van der Waals surface area (Å²) in [5.74, 6) is -0.481. The molecule has 154 valence electrons. The van der Waals surface area contributed by atoms with Gasteiger partial charge in [-0.15, -0.1) is 0 Å². The molecular formula is C23H23N3O4. The normalized spacial score (nSPS) is 18.7. The molecule has 1 unspecified atom stereocenters. The number of aromatic nitrogens is 1. The van der Waals surface area contributed by atoms with Crippen molar-refractivity contribution in [3.05, 3.63) is 77.0 Å². The van der Waals surface area contributed by atoms with Gasteiger partial charge in [-0.25, -0.2) is 4.79 Å². The molecule has 1 atom stereocenters. The van der Waals surface area contributed by atoms with E-state index in [0.717, 1.165) is 27.5 Å². The van der Waals surface area contributed by atoms with Crippen LogP contribution in [-0.4, -0.2) is 33.7 Å². The van der Waals surface area contributed by atoms with Crippen LogP contribution in [0.25, 0.3) is 5.69 Å². The van der Waals surface area contributed by atoms with Gasteiger partial charge in [0.1, 0.15) is 5.76 Å². The number of nitrogens with one attached hydrogen (secondary N) is 1. The number of hydrogen-bond donors (Lipinski definition) is 1. The Balaban J connectivity index is 1.61. The number of aryl methyl sites for hydroxylation is 2. The number of carbonyl (C=O) groups excluding carboxylic acids is 3. The van der Waals surface area contributed by atoms with Gasteiger partial charge < -0.3 is 14.3 Å². The van der Waals surface area contributed by atoms with E-state index in [9.17, 15) is 14.4 Å². The molecule has 3 amide bonds. The van der Waals surface area contributed by atoms with Gasteiger partial charge in [-0.1, -0.05) is 17.7 Å². The van der Waals surface area contributed by atoms with Gasteiger partial charge in [-0.2, -0.15) is 0 Å². The first kappa shape index (κ1) is 19.7. The summed E-state index contributed by atoms with van der Waals surface area (Å²) in [6.45, 7) is 7.03. The number of furan rings is 1. The summed E-state index contributed by atoms with van der Waals surface area (Å²) in [6, 6.07) is 12.5. The summed E-state index contributed by atoms with van der Waals surface area (Å²) in [7, 11) is 0. The summed E-state index contributed by atoms with van der Waals surface area (Å²) in [6.07, 6.45) is 1.44. The first-order valence-electron chi connectivity index (χ1n) is 9.69. The third kappa shape index (κ3) is 3.03. The van der Waals surface area contributed by atoms with Crippen LogP contribution < -0.4 is 5.32 Å². The van der Waals surface area contributed by atoms with E-state index in [1.807, 2.05) is 49.6 Å². The molecule has 3 aromatic rings. The second-order valence-corrected chi connectivity index (χ2v) is 7.80. The Morgan fingerprint density at radius 1 is 1.10 bits per heavy atom. The number of carbonyl (C=O) groups is 3. The van der Waals surface area contributed by atoms with Gasteiger partial charge in [0.2, 0.25) is 0 Å². The molecule has 1 aromatic carbocycles. The molecule has 0 spiro atoms. The van der Waals surface area contributed by atoms with Crippen LogP contribution in [-0.2, 0) is 10.3 Å². The van der Waals surface area contributed by atoms with Crippen LogP contribution in [0.15, 0.2) is 53.1 Å². The molecule has 1 aliphatic rings. The molecule has 0 aliphatic carbocycles. The minimum atomic E-state index is -1.32. The Morgan fingerprint density at radius 2 is 1.80 bits per heavy atom. The highest BCUT2D eigenvalue weighted by molar-refractivity contribution is 6.11. The molecule has 1 fully saturated rings. The molecule has 0 bridgehead atoms. The van der Waals surface area contributed by atoms with E-state index in [2.05, 4.69) is 5.32 Å². The Morgan fingerprint density at radius 3 is 2.43 bits per heavy atom. The zero-order valence-electron chi connectivity index (χ0n) is 17.4. The van der Waals surface area contributed by atoms with Crippen molar-refractivity contribution in [3.8, 4) is 5.69 Å². The minimum Gasteiger partial charge on any atom is -0.466 e. The van der Waals surface area contributed by atoms with Crippen molar-refractivity contribution >= 4 is 17.7 Å². The number of nitrogens with zero attached hydrogens (tertiary/aromatic N) is 2. The predicted molar refractivity (Wildman–Crippen MR) is 111 cm³/mol. The van der Waals surface area contributed by atoms with Gasteiger partial charge in [-0.05, 0) is 58.0 Å². The zero-order chi connectivity index (χ0) is 21.6. The maximum Gasteiger partial charge on any atom is 0.325 e. The van der Waals surface area contributed by atoms with E-state index in [1.54, 1.807) is 25.1 Å². The molecule has 1 N–H and O–H groups in total. The second-order valence-electron chi connectivity index (χ2n) is 7.80. The maximum atomic E-state index is 13.1. The number of benzene rings is 1. The Labute approximate surface area is 174 Å². The lowest BCUT2D eigenvalue weighted by Gasteiger charge is -2.18. The lowest BCUT2D eigenvalue weighted by atomic mass is 9.99. The highest BCUT2D eigenvalue weighted by Crippen LogP contribution is 2.29. The van der Waals surface area contributed by atoms with Gasteiger partial charge in [0.05, 0.1) is 12.8 Å². The number of ketones is 1. The molecule has 0 saturated carbocycles. The van der Waals surface area contributed by atoms with Crippen LogP contribution in [0.3, 0.4) is 0 Å². The average Bonchev–Trinajstić information content (AvgIpc) is 3.39. The van der Waals surface area contributed by atoms with E-state index < -0.39 is 17.5 Å². The fourth-order valence-electron chi connectivity index (χ4n) is 3.94. The van der Waals surface area contributed by atoms with E-state index in [0.29, 0.717) is 11.3 Å². The van der Waals surface area contributed by atoms with Crippen LogP contribution in [0.2, 0.25) is 0 Å². The van der Waals surface area contributed by atoms with E-state index in [1.165, 1.54) is 6.26 Å². The molecule has 30 heavy (non-hydrogen) atoms. The summed E-state index contributed by atoms with van der Waals surface area (Å²) < 4.78 is 7.31. The lowest BCUT2D eigenvalue weighted by Crippen LogP contribution is -2.41. The van der Waals surface area contributed by atoms with E-state index >= 15 is 0 Å². The van der Waals surface area contributed by atoms with E-state index in [4.69, 9.17) is 4.42 Å². The van der Waals surface area contributed by atoms with Crippen molar-refractivity contribution < 1.29 is 18.8 Å². The largest absolute Gasteiger partial charge is 0.466 e. The number of Topliss-reactive ketones (excluding diaryl/α,β-unsaturated/α-hetero) is 1. The smallest absolute Gasteiger partial charge is 0.325 e. The lowest BCUT2D eigenvalue weighted by molar-refractivity contribution is -0.131. The number of amides is 3. The van der Waals surface area contributed by atoms with Crippen LogP contribution >= 0.6 is 0 Å². The van der Waals surface area contributed by atoms with Gasteiger partial charge in [-0.3, -0.25) is 14.5 Å². The zero-order valence-corrected chi connectivity index (χ0v) is 17.4. The number of rotatable bonds is 5. The summed E-state index contributed by atoms with van der Waals surface area (Å²) in [5, 5.41) is 2.64. The third-order valence-electron chi connectivity index (χ3n) is 5.61. The molecule has 0 radical (unpaired) electrons. The Hall–Kier alpha value is -3.61. The molecule has 2 aromatic heterocycles. The van der Waals surface area contributed by atoms with Crippen LogP contribution in [0.5, 0.6) is 0 Å². The van der Waals surface area contributed by atoms with E-state index in [-0.39, 0.29) is 12.3 Å². The number of urea groups is 1. The first-order valence-corrected chi connectivity index (χ1v) is 9.69. The van der Waals surface area contributed by atoms with Crippen molar-refractivity contribution in [2.24, 2.45) is 0 Å². The maximum absolute atomic E-state index is 13.1. The summed E-state index contributed by atoms with van der Waals surface area (Å²) >= 11 is 0. The molecule has 1 saturated heterocycles. The van der Waals surface area contributed by atoms with Crippen LogP contribution in [0, 0.1) is 20.8 Å². The van der Waals surface area contributed by atoms with Crippen molar-refractivity contribution in [1.29, 1.82) is 0 Å². The first-order chi connectivity index (χ1) is 14.2. The molecule has 3 heterocycles. The predicted octanol–water partition coefficient (Wildman–Crippen LogP) is 3.65. The third-order valence-corrected chi connectivity index (χ3v) is 5.61. The standard InChI is InChI=1S/C23H23N3O4/c1-14-7-9-17(10-8-14)26-15(2)12-18(16(26)3)19(27)13-25-21(28)23(4,24-22(25)29)20-6-5-11-30-20/h5-12H,13H2,1-4H3,(H,24,29). The quantitative estimate of drug-likeness (QED) is 0.519. The van der Waals surface area contributed by atoms with Crippen molar-refractivity contribution in [3.63, 3.8) is 0 Å². The van der Waals surface area contributed by atoms with Crippen LogP contribution in [0.1, 0.15) is 40.0 Å². The molecule has 1 aliphatic heterocycles. The number of imide groups is 1.